The van der Waals surface area contributed by atoms with Crippen molar-refractivity contribution < 1.29 is 9.53 Å². The quantitative estimate of drug-likeness (QED) is 0.331. The van der Waals surface area contributed by atoms with Crippen molar-refractivity contribution >= 4 is 73.6 Å². The summed E-state index contributed by atoms with van der Waals surface area (Å²) in [6.07, 6.45) is 3.97. The third kappa shape index (κ3) is 4.32. The highest BCUT2D eigenvalue weighted by molar-refractivity contribution is 8.31. The molecule has 0 spiro atoms. The van der Waals surface area contributed by atoms with E-state index in [2.05, 4.69) is 11.8 Å². The average Bonchev–Trinajstić information content (AvgIpc) is 3.47. The summed E-state index contributed by atoms with van der Waals surface area (Å²) in [5.74, 6) is 0.539. The van der Waals surface area contributed by atoms with E-state index in [1.54, 1.807) is 11.7 Å². The van der Waals surface area contributed by atoms with Gasteiger partial charge in [0, 0.05) is 17.8 Å². The molecule has 1 aromatic heterocycles. The number of thioether (sulfide) groups is 1. The standard InChI is InChI=1S/C30H23N3O3S3/c1-3-31-23-17-15-22(36-2)18-19(23)14-16-24(31)25-27(34)32(20-10-6-4-7-11-20)29(38-25)26-28(35)33(30(37)39-26)21-12-8-5-9-13-21/h4-18H,3H2,1-2H3/b25-24+,29-26-. The third-order valence-electron chi connectivity index (χ3n) is 6.58. The molecule has 0 radical (unpaired) electrons. The summed E-state index contributed by atoms with van der Waals surface area (Å²) >= 11 is 8.18. The van der Waals surface area contributed by atoms with E-state index in [1.165, 1.54) is 28.0 Å². The fraction of sp³-hybridized carbons (Fsp3) is 0.100. The van der Waals surface area contributed by atoms with Crippen molar-refractivity contribution in [3.05, 3.63) is 110 Å². The van der Waals surface area contributed by atoms with Crippen molar-refractivity contribution in [2.75, 3.05) is 23.5 Å². The van der Waals surface area contributed by atoms with E-state index in [-0.39, 0.29) is 11.5 Å². The molecule has 0 aliphatic carbocycles. The van der Waals surface area contributed by atoms with Gasteiger partial charge in [-0.1, -0.05) is 66.5 Å². The van der Waals surface area contributed by atoms with Crippen molar-refractivity contribution in [2.24, 2.45) is 0 Å². The van der Waals surface area contributed by atoms with Gasteiger partial charge in [-0.05, 0) is 55.5 Å². The number of nitrogens with zero attached hydrogens (tertiary/aromatic N) is 3. The molecule has 2 aliphatic rings. The van der Waals surface area contributed by atoms with Gasteiger partial charge in [-0.15, -0.1) is 11.3 Å². The Kier molecular flexibility index (Phi) is 6.72. The van der Waals surface area contributed by atoms with E-state index in [1.807, 2.05) is 91.0 Å². The fourth-order valence-electron chi connectivity index (χ4n) is 4.76. The van der Waals surface area contributed by atoms with Crippen molar-refractivity contribution in [1.29, 1.82) is 0 Å². The van der Waals surface area contributed by atoms with Crippen molar-refractivity contribution in [3.8, 4) is 11.4 Å². The molecule has 39 heavy (non-hydrogen) atoms. The molecule has 1 amide bonds. The molecule has 0 N–H and O–H groups in total. The fourth-order valence-corrected chi connectivity index (χ4v) is 7.38. The molecule has 0 unspecified atom stereocenters. The maximum absolute atomic E-state index is 14.2. The third-order valence-corrected chi connectivity index (χ3v) is 9.24. The SMILES string of the molecule is CCN1/C(=c2/s/c(=C3\SC(=S)N(c4ccccc4)C3=O)n(-c3ccccc3)c2=O)C=Cc2cc(OC)ccc21. The van der Waals surface area contributed by atoms with Crippen LogP contribution in [-0.4, -0.2) is 28.4 Å². The molecule has 9 heteroatoms. The number of ether oxygens (including phenoxy) is 1. The minimum absolute atomic E-state index is 0.179. The zero-order valence-corrected chi connectivity index (χ0v) is 23.6. The number of para-hydroxylation sites is 2. The first-order chi connectivity index (χ1) is 19.0. The van der Waals surface area contributed by atoms with Gasteiger partial charge < -0.3 is 9.64 Å². The number of carbonyl (C=O) groups is 1. The summed E-state index contributed by atoms with van der Waals surface area (Å²) in [6.45, 7) is 2.71. The van der Waals surface area contributed by atoms with Gasteiger partial charge in [0.25, 0.3) is 11.5 Å². The lowest BCUT2D eigenvalue weighted by atomic mass is 10.1. The Morgan fingerprint density at radius 2 is 1.59 bits per heavy atom. The number of likely N-dealkylation sites (N-methyl/N-ethyl adjacent to an activating group) is 1. The summed E-state index contributed by atoms with van der Waals surface area (Å²) in [4.78, 5) is 32.0. The number of methoxy groups -OCH3 is 1. The van der Waals surface area contributed by atoms with Crippen LogP contribution in [0.15, 0.2) is 89.7 Å². The van der Waals surface area contributed by atoms with Crippen LogP contribution in [0.25, 0.3) is 22.4 Å². The first kappa shape index (κ1) is 25.4. The van der Waals surface area contributed by atoms with Gasteiger partial charge in [0.15, 0.2) is 4.32 Å². The summed E-state index contributed by atoms with van der Waals surface area (Å²) in [7, 11) is 1.65. The van der Waals surface area contributed by atoms with Gasteiger partial charge >= 0.3 is 0 Å². The van der Waals surface area contributed by atoms with Crippen molar-refractivity contribution in [2.45, 2.75) is 6.92 Å². The number of anilines is 2. The number of carbonyl (C=O) groups excluding carboxylic acids is 1. The summed E-state index contributed by atoms with van der Waals surface area (Å²) in [5.41, 5.74) is 4.01. The lowest BCUT2D eigenvalue weighted by Gasteiger charge is -2.29. The minimum Gasteiger partial charge on any atom is -0.497 e. The van der Waals surface area contributed by atoms with Crippen LogP contribution in [-0.2, 0) is 4.79 Å². The number of thiazole rings is 1. The molecule has 1 fully saturated rings. The number of aromatic nitrogens is 1. The largest absolute Gasteiger partial charge is 0.497 e. The number of benzene rings is 3. The van der Waals surface area contributed by atoms with Crippen LogP contribution in [0.5, 0.6) is 5.75 Å². The van der Waals surface area contributed by atoms with Gasteiger partial charge in [0.1, 0.15) is 19.8 Å². The number of amides is 1. The highest BCUT2D eigenvalue weighted by atomic mass is 32.2. The van der Waals surface area contributed by atoms with Crippen molar-refractivity contribution in [3.63, 3.8) is 0 Å². The van der Waals surface area contributed by atoms with Gasteiger partial charge in [-0.3, -0.25) is 19.1 Å². The Morgan fingerprint density at radius 1 is 0.897 bits per heavy atom. The predicted molar refractivity (Wildman–Crippen MR) is 165 cm³/mol. The highest BCUT2D eigenvalue weighted by Crippen LogP contribution is 2.36. The van der Waals surface area contributed by atoms with Gasteiger partial charge in [0.05, 0.1) is 24.2 Å². The van der Waals surface area contributed by atoms with Gasteiger partial charge in [-0.2, -0.15) is 0 Å². The topological polar surface area (TPSA) is 54.8 Å². The van der Waals surface area contributed by atoms with E-state index in [0.717, 1.165) is 22.7 Å². The number of fused-ring (bicyclic) bond motifs is 1. The zero-order valence-electron chi connectivity index (χ0n) is 21.2. The molecule has 0 bridgehead atoms. The lowest BCUT2D eigenvalue weighted by Crippen LogP contribution is -2.36. The van der Waals surface area contributed by atoms with Crippen LogP contribution in [0.3, 0.4) is 0 Å². The molecule has 6 nitrogen and oxygen atoms in total. The van der Waals surface area contributed by atoms with Gasteiger partial charge in [0.2, 0.25) is 0 Å². The average molecular weight is 570 g/mol. The normalized spacial score (nSPS) is 17.6. The van der Waals surface area contributed by atoms with E-state index in [4.69, 9.17) is 17.0 Å². The Labute approximate surface area is 238 Å². The maximum Gasteiger partial charge on any atom is 0.275 e. The molecule has 6 rings (SSSR count). The summed E-state index contributed by atoms with van der Waals surface area (Å²) in [5, 5.41) is 0. The lowest BCUT2D eigenvalue weighted by molar-refractivity contribution is -0.112. The van der Waals surface area contributed by atoms with E-state index in [0.29, 0.717) is 36.3 Å². The zero-order chi connectivity index (χ0) is 27.1. The number of thiocarbonyl (C=S) groups is 1. The summed E-state index contributed by atoms with van der Waals surface area (Å²) < 4.78 is 8.59. The van der Waals surface area contributed by atoms with Crippen LogP contribution in [0.4, 0.5) is 11.4 Å². The molecular formula is C30H23N3O3S3. The maximum atomic E-state index is 14.2. The van der Waals surface area contributed by atoms with E-state index >= 15 is 0 Å². The number of hydrogen-bond donors (Lipinski definition) is 0. The molecule has 194 valence electrons. The van der Waals surface area contributed by atoms with Crippen LogP contribution >= 0.6 is 35.3 Å². The number of rotatable bonds is 4. The molecule has 2 aliphatic heterocycles. The first-order valence-electron chi connectivity index (χ1n) is 12.3. The molecule has 1 saturated heterocycles. The molecular weight excluding hydrogens is 547 g/mol. The smallest absolute Gasteiger partial charge is 0.275 e. The Balaban J connectivity index is 1.63. The van der Waals surface area contributed by atoms with Crippen LogP contribution in [0, 0.1) is 0 Å². The molecule has 3 aromatic carbocycles. The molecule has 3 heterocycles. The summed E-state index contributed by atoms with van der Waals surface area (Å²) in [6, 6.07) is 24.7. The minimum atomic E-state index is -0.234. The van der Waals surface area contributed by atoms with E-state index < -0.39 is 0 Å². The Bertz CT molecular complexity index is 1830. The van der Waals surface area contributed by atoms with Crippen LogP contribution in [0.1, 0.15) is 12.5 Å². The predicted octanol–water partition coefficient (Wildman–Crippen LogP) is 4.74. The van der Waals surface area contributed by atoms with Crippen LogP contribution in [0.2, 0.25) is 0 Å². The second-order valence-corrected chi connectivity index (χ2v) is 11.4. The first-order valence-corrected chi connectivity index (χ1v) is 14.4. The number of hydrogen-bond acceptors (Lipinski definition) is 7. The van der Waals surface area contributed by atoms with E-state index in [9.17, 15) is 9.59 Å². The molecule has 0 saturated carbocycles. The molecule has 0 atom stereocenters. The Hall–Kier alpha value is -3.92. The Morgan fingerprint density at radius 3 is 2.26 bits per heavy atom. The van der Waals surface area contributed by atoms with Crippen molar-refractivity contribution in [1.82, 2.24) is 4.57 Å². The highest BCUT2D eigenvalue weighted by Gasteiger charge is 2.35. The van der Waals surface area contributed by atoms with Crippen LogP contribution < -0.4 is 29.3 Å². The van der Waals surface area contributed by atoms with Gasteiger partial charge in [-0.25, -0.2) is 0 Å². The molecule has 4 aromatic rings. The second kappa shape index (κ2) is 10.3. The monoisotopic (exact) mass is 569 g/mol. The second-order valence-electron chi connectivity index (χ2n) is 8.77.